The van der Waals surface area contributed by atoms with Crippen molar-refractivity contribution in [2.75, 3.05) is 6.61 Å². The highest BCUT2D eigenvalue weighted by Gasteiger charge is 2.72. The standard InChI is InChI=1S/C19H17ClF3N3O3/c20-11-2-1-10(5-12(11)21)28-6-13(27)24-18-7-17(8-18,9-18)15-25-26-16(29-15)19(3-4-19)14(22)23/h1-2,5,14H,3-4,6-9H2,(H,24,27). The number of halogens is 4. The van der Waals surface area contributed by atoms with Gasteiger partial charge in [-0.05, 0) is 44.2 Å². The number of carbonyl (C=O) groups is 1. The van der Waals surface area contributed by atoms with E-state index in [0.717, 1.165) is 6.07 Å². The number of nitrogens with zero attached hydrogens (tertiary/aromatic N) is 2. The van der Waals surface area contributed by atoms with Gasteiger partial charge in [0.05, 0.1) is 10.4 Å². The molecule has 4 saturated carbocycles. The number of hydrogen-bond acceptors (Lipinski definition) is 5. The zero-order valence-corrected chi connectivity index (χ0v) is 15.9. The Balaban J connectivity index is 1.15. The molecular formula is C19H17ClF3N3O3. The predicted molar refractivity (Wildman–Crippen MR) is 94.5 cm³/mol. The summed E-state index contributed by atoms with van der Waals surface area (Å²) in [5.41, 5.74) is -1.96. The number of carbonyl (C=O) groups excluding carboxylic acids is 1. The Kier molecular flexibility index (Phi) is 3.94. The number of aromatic nitrogens is 2. The second kappa shape index (κ2) is 6.10. The topological polar surface area (TPSA) is 77.2 Å². The van der Waals surface area contributed by atoms with Crippen molar-refractivity contribution < 1.29 is 27.1 Å². The second-order valence-corrected chi connectivity index (χ2v) is 8.78. The molecule has 1 N–H and O–H groups in total. The maximum absolute atomic E-state index is 13.4. The predicted octanol–water partition coefficient (Wildman–Crippen LogP) is 3.53. The van der Waals surface area contributed by atoms with Crippen LogP contribution in [0.2, 0.25) is 5.02 Å². The number of rotatable bonds is 7. The summed E-state index contributed by atoms with van der Waals surface area (Å²) < 4.78 is 50.7. The van der Waals surface area contributed by atoms with Crippen LogP contribution in [0.4, 0.5) is 13.2 Å². The molecule has 0 radical (unpaired) electrons. The number of alkyl halides is 2. The van der Waals surface area contributed by atoms with E-state index in [2.05, 4.69) is 15.5 Å². The summed E-state index contributed by atoms with van der Waals surface area (Å²) in [6, 6.07) is 3.95. The zero-order valence-electron chi connectivity index (χ0n) is 15.2. The number of ether oxygens (including phenoxy) is 1. The third-order valence-corrected chi connectivity index (χ3v) is 6.51. The van der Waals surface area contributed by atoms with Crippen LogP contribution < -0.4 is 10.1 Å². The summed E-state index contributed by atoms with van der Waals surface area (Å²) >= 11 is 5.61. The lowest BCUT2D eigenvalue weighted by Crippen LogP contribution is -2.77. The summed E-state index contributed by atoms with van der Waals surface area (Å²) in [5.74, 6) is -0.334. The van der Waals surface area contributed by atoms with Gasteiger partial charge in [0, 0.05) is 11.6 Å². The molecule has 0 spiro atoms. The van der Waals surface area contributed by atoms with Gasteiger partial charge in [0.1, 0.15) is 17.0 Å². The summed E-state index contributed by atoms with van der Waals surface area (Å²) in [4.78, 5) is 12.2. The lowest BCUT2D eigenvalue weighted by atomic mass is 9.39. The van der Waals surface area contributed by atoms with Crippen molar-refractivity contribution in [3.63, 3.8) is 0 Å². The Hall–Kier alpha value is -2.29. The molecule has 0 atom stereocenters. The van der Waals surface area contributed by atoms with Crippen molar-refractivity contribution in [3.8, 4) is 5.75 Å². The van der Waals surface area contributed by atoms with Gasteiger partial charge in [-0.3, -0.25) is 4.79 Å². The third kappa shape index (κ3) is 2.89. The van der Waals surface area contributed by atoms with Gasteiger partial charge >= 0.3 is 0 Å². The minimum absolute atomic E-state index is 0.0219. The fraction of sp³-hybridized carbons (Fsp3) is 0.526. The molecule has 6 nitrogen and oxygen atoms in total. The first-order valence-electron chi connectivity index (χ1n) is 9.28. The number of hydrogen-bond donors (Lipinski definition) is 1. The van der Waals surface area contributed by atoms with E-state index in [4.69, 9.17) is 20.8 Å². The number of amides is 1. The van der Waals surface area contributed by atoms with Crippen LogP contribution in [0.5, 0.6) is 5.75 Å². The number of nitrogens with one attached hydrogen (secondary N) is 1. The largest absolute Gasteiger partial charge is 0.484 e. The Labute approximate surface area is 168 Å². The van der Waals surface area contributed by atoms with Crippen molar-refractivity contribution in [2.45, 2.75) is 54.9 Å². The summed E-state index contributed by atoms with van der Waals surface area (Å²) in [7, 11) is 0. The van der Waals surface area contributed by atoms with Crippen molar-refractivity contribution >= 4 is 17.5 Å². The molecule has 10 heteroatoms. The lowest BCUT2D eigenvalue weighted by Gasteiger charge is -2.68. The van der Waals surface area contributed by atoms with Crippen LogP contribution in [0.25, 0.3) is 0 Å². The van der Waals surface area contributed by atoms with E-state index in [-0.39, 0.29) is 40.1 Å². The highest BCUT2D eigenvalue weighted by Crippen LogP contribution is 2.67. The van der Waals surface area contributed by atoms with Crippen molar-refractivity contribution in [1.29, 1.82) is 0 Å². The summed E-state index contributed by atoms with van der Waals surface area (Å²) in [6.07, 6.45) is 0.0524. The van der Waals surface area contributed by atoms with Gasteiger partial charge in [0.25, 0.3) is 12.3 Å². The molecule has 6 rings (SSSR count). The fourth-order valence-corrected chi connectivity index (χ4v) is 4.61. The fourth-order valence-electron chi connectivity index (χ4n) is 4.49. The summed E-state index contributed by atoms with van der Waals surface area (Å²) in [6.45, 7) is -0.253. The van der Waals surface area contributed by atoms with Gasteiger partial charge in [-0.1, -0.05) is 11.6 Å². The SMILES string of the molecule is O=C(COc1ccc(Cl)c(F)c1)NC12CC(c3nnc(C4(C(F)F)CC4)o3)(C1)C2. The van der Waals surface area contributed by atoms with Crippen LogP contribution in [0.1, 0.15) is 43.9 Å². The Morgan fingerprint density at radius 3 is 2.55 bits per heavy atom. The smallest absolute Gasteiger partial charge is 0.258 e. The van der Waals surface area contributed by atoms with E-state index in [1.165, 1.54) is 12.1 Å². The lowest BCUT2D eigenvalue weighted by molar-refractivity contribution is -0.143. The molecule has 4 aliphatic carbocycles. The molecule has 2 bridgehead atoms. The first kappa shape index (κ1) is 18.7. The van der Waals surface area contributed by atoms with Gasteiger partial charge in [-0.15, -0.1) is 10.2 Å². The number of benzene rings is 1. The van der Waals surface area contributed by atoms with Crippen LogP contribution in [-0.4, -0.2) is 34.7 Å². The van der Waals surface area contributed by atoms with Gasteiger partial charge in [0.15, 0.2) is 6.61 Å². The van der Waals surface area contributed by atoms with E-state index in [9.17, 15) is 18.0 Å². The molecule has 1 amide bonds. The van der Waals surface area contributed by atoms with E-state index in [1.807, 2.05) is 0 Å². The van der Waals surface area contributed by atoms with Gasteiger partial charge < -0.3 is 14.5 Å². The van der Waals surface area contributed by atoms with Crippen molar-refractivity contribution in [3.05, 3.63) is 40.8 Å². The quantitative estimate of drug-likeness (QED) is 0.731. The molecule has 1 aromatic carbocycles. The minimum Gasteiger partial charge on any atom is -0.484 e. The molecular weight excluding hydrogens is 411 g/mol. The molecule has 29 heavy (non-hydrogen) atoms. The van der Waals surface area contributed by atoms with Crippen LogP contribution in [0, 0.1) is 5.82 Å². The third-order valence-electron chi connectivity index (χ3n) is 6.21. The highest BCUT2D eigenvalue weighted by atomic mass is 35.5. The molecule has 0 unspecified atom stereocenters. The van der Waals surface area contributed by atoms with E-state index < -0.39 is 17.7 Å². The summed E-state index contributed by atoms with van der Waals surface area (Å²) in [5, 5.41) is 10.8. The monoisotopic (exact) mass is 427 g/mol. The van der Waals surface area contributed by atoms with Gasteiger partial charge in [-0.2, -0.15) is 0 Å². The average Bonchev–Trinajstić information content (AvgIpc) is 3.29. The van der Waals surface area contributed by atoms with Crippen molar-refractivity contribution in [2.24, 2.45) is 0 Å². The second-order valence-electron chi connectivity index (χ2n) is 8.37. The minimum atomic E-state index is -2.51. The van der Waals surface area contributed by atoms with Crippen LogP contribution in [0.3, 0.4) is 0 Å². The zero-order chi connectivity index (χ0) is 20.4. The molecule has 0 saturated heterocycles. The van der Waals surface area contributed by atoms with Gasteiger partial charge in [0.2, 0.25) is 11.8 Å². The normalized spacial score (nSPS) is 28.4. The first-order valence-corrected chi connectivity index (χ1v) is 9.65. The molecule has 1 heterocycles. The Morgan fingerprint density at radius 2 is 1.93 bits per heavy atom. The average molecular weight is 428 g/mol. The van der Waals surface area contributed by atoms with Gasteiger partial charge in [-0.25, -0.2) is 13.2 Å². The van der Waals surface area contributed by atoms with Crippen LogP contribution in [0.15, 0.2) is 22.6 Å². The maximum atomic E-state index is 13.4. The molecule has 0 aliphatic heterocycles. The van der Waals surface area contributed by atoms with Crippen molar-refractivity contribution in [1.82, 2.24) is 15.5 Å². The van der Waals surface area contributed by atoms with Crippen LogP contribution in [-0.2, 0) is 15.6 Å². The molecule has 4 aliphatic rings. The Morgan fingerprint density at radius 1 is 1.24 bits per heavy atom. The first-order chi connectivity index (χ1) is 13.8. The molecule has 1 aromatic heterocycles. The van der Waals surface area contributed by atoms with Crippen LogP contribution >= 0.6 is 11.6 Å². The maximum Gasteiger partial charge on any atom is 0.258 e. The Bertz CT molecular complexity index is 972. The van der Waals surface area contributed by atoms with E-state index >= 15 is 0 Å². The van der Waals surface area contributed by atoms with E-state index in [1.54, 1.807) is 0 Å². The molecule has 4 fully saturated rings. The molecule has 154 valence electrons. The van der Waals surface area contributed by atoms with E-state index in [0.29, 0.717) is 38.0 Å². The molecule has 2 aromatic rings. The highest BCUT2D eigenvalue weighted by molar-refractivity contribution is 6.30.